The lowest BCUT2D eigenvalue weighted by atomic mass is 10.1. The molecule has 0 aliphatic carbocycles. The molecule has 0 radical (unpaired) electrons. The van der Waals surface area contributed by atoms with Gasteiger partial charge in [-0.05, 0) is 35.7 Å². The molecule has 0 spiro atoms. The van der Waals surface area contributed by atoms with Crippen LogP contribution in [0.5, 0.6) is 11.5 Å². The summed E-state index contributed by atoms with van der Waals surface area (Å²) < 4.78 is 15.9. The predicted molar refractivity (Wildman–Crippen MR) is 93.5 cm³/mol. The molecule has 2 amide bonds. The van der Waals surface area contributed by atoms with E-state index in [1.54, 1.807) is 7.11 Å². The van der Waals surface area contributed by atoms with Crippen LogP contribution < -0.4 is 20.1 Å². The number of fused-ring (bicyclic) bond motifs is 1. The molecule has 0 saturated heterocycles. The monoisotopic (exact) mass is 342 g/mol. The van der Waals surface area contributed by atoms with Crippen LogP contribution in [0.2, 0.25) is 0 Å². The van der Waals surface area contributed by atoms with Crippen molar-refractivity contribution in [2.24, 2.45) is 0 Å². The number of urea groups is 1. The van der Waals surface area contributed by atoms with Crippen molar-refractivity contribution >= 4 is 6.03 Å². The third kappa shape index (κ3) is 4.22. The Kier molecular flexibility index (Phi) is 5.40. The molecule has 2 aromatic rings. The van der Waals surface area contributed by atoms with Gasteiger partial charge in [0, 0.05) is 13.7 Å². The highest BCUT2D eigenvalue weighted by Crippen LogP contribution is 2.34. The smallest absolute Gasteiger partial charge is 0.315 e. The van der Waals surface area contributed by atoms with Crippen LogP contribution in [-0.4, -0.2) is 19.9 Å². The summed E-state index contributed by atoms with van der Waals surface area (Å²) in [5.41, 5.74) is 3.06. The van der Waals surface area contributed by atoms with E-state index < -0.39 is 0 Å². The second kappa shape index (κ2) is 7.90. The first-order valence-corrected chi connectivity index (χ1v) is 8.17. The number of hydrogen-bond donors (Lipinski definition) is 2. The molecule has 25 heavy (non-hydrogen) atoms. The van der Waals surface area contributed by atoms with Crippen molar-refractivity contribution in [1.29, 1.82) is 0 Å². The molecule has 0 fully saturated rings. The molecule has 1 unspecified atom stereocenters. The van der Waals surface area contributed by atoms with Crippen LogP contribution in [-0.2, 0) is 17.9 Å². The highest BCUT2D eigenvalue weighted by Gasteiger charge is 2.16. The molecule has 0 aromatic heterocycles. The maximum atomic E-state index is 12.2. The summed E-state index contributed by atoms with van der Waals surface area (Å²) in [5.74, 6) is 1.44. The van der Waals surface area contributed by atoms with Gasteiger partial charge in [0.15, 0.2) is 11.5 Å². The number of methoxy groups -OCH3 is 1. The van der Waals surface area contributed by atoms with Crippen molar-refractivity contribution in [2.75, 3.05) is 13.9 Å². The lowest BCUT2D eigenvalue weighted by Crippen LogP contribution is -2.36. The molecule has 1 aliphatic rings. The molecule has 1 heterocycles. The van der Waals surface area contributed by atoms with Crippen LogP contribution in [0, 0.1) is 0 Å². The predicted octanol–water partition coefficient (Wildman–Crippen LogP) is 3.12. The molecule has 1 atom stereocenters. The summed E-state index contributed by atoms with van der Waals surface area (Å²) in [6.45, 7) is 3.13. The van der Waals surface area contributed by atoms with E-state index in [1.165, 1.54) is 0 Å². The van der Waals surface area contributed by atoms with Gasteiger partial charge in [-0.2, -0.15) is 0 Å². The molecule has 0 saturated carbocycles. The standard InChI is InChI=1S/C19H22N2O4/c1-13(14-7-8-17-18(9-14)25-12-24-17)21-19(22)20-10-15-5-3-4-6-16(15)11-23-2/h3-9,13H,10-12H2,1-2H3,(H2,20,21,22). The van der Waals surface area contributed by atoms with E-state index in [0.29, 0.717) is 18.9 Å². The second-order valence-electron chi connectivity index (χ2n) is 5.86. The number of carbonyl (C=O) groups is 1. The van der Waals surface area contributed by atoms with E-state index in [2.05, 4.69) is 10.6 Å². The van der Waals surface area contributed by atoms with Crippen LogP contribution >= 0.6 is 0 Å². The first kappa shape index (κ1) is 17.1. The largest absolute Gasteiger partial charge is 0.454 e. The molecule has 6 heteroatoms. The molecular formula is C19H22N2O4. The van der Waals surface area contributed by atoms with Gasteiger partial charge in [0.1, 0.15) is 0 Å². The summed E-state index contributed by atoms with van der Waals surface area (Å²) >= 11 is 0. The van der Waals surface area contributed by atoms with E-state index in [0.717, 1.165) is 22.4 Å². The van der Waals surface area contributed by atoms with Crippen molar-refractivity contribution < 1.29 is 19.0 Å². The molecule has 0 bridgehead atoms. The second-order valence-corrected chi connectivity index (χ2v) is 5.86. The Balaban J connectivity index is 1.56. The summed E-state index contributed by atoms with van der Waals surface area (Å²) in [6.07, 6.45) is 0. The van der Waals surface area contributed by atoms with E-state index in [-0.39, 0.29) is 18.9 Å². The SMILES string of the molecule is COCc1ccccc1CNC(=O)NC(C)c1ccc2c(c1)OCO2. The van der Waals surface area contributed by atoms with Gasteiger partial charge in [-0.25, -0.2) is 4.79 Å². The average molecular weight is 342 g/mol. The minimum Gasteiger partial charge on any atom is -0.454 e. The van der Waals surface area contributed by atoms with Crippen LogP contribution in [0.3, 0.4) is 0 Å². The first-order chi connectivity index (χ1) is 12.2. The maximum Gasteiger partial charge on any atom is 0.315 e. The fourth-order valence-electron chi connectivity index (χ4n) is 2.72. The number of nitrogens with one attached hydrogen (secondary N) is 2. The Bertz CT molecular complexity index is 748. The highest BCUT2D eigenvalue weighted by molar-refractivity contribution is 5.74. The Labute approximate surface area is 147 Å². The van der Waals surface area contributed by atoms with Crippen LogP contribution in [0.4, 0.5) is 4.79 Å². The Morgan fingerprint density at radius 3 is 2.72 bits per heavy atom. The zero-order valence-corrected chi connectivity index (χ0v) is 14.4. The quantitative estimate of drug-likeness (QED) is 0.846. The fraction of sp³-hybridized carbons (Fsp3) is 0.316. The van der Waals surface area contributed by atoms with Crippen LogP contribution in [0.1, 0.15) is 29.7 Å². The fourth-order valence-corrected chi connectivity index (χ4v) is 2.72. The van der Waals surface area contributed by atoms with E-state index in [9.17, 15) is 4.79 Å². The van der Waals surface area contributed by atoms with Gasteiger partial charge in [-0.1, -0.05) is 30.3 Å². The van der Waals surface area contributed by atoms with Crippen LogP contribution in [0.25, 0.3) is 0 Å². The molecule has 2 N–H and O–H groups in total. The minimum absolute atomic E-state index is 0.149. The van der Waals surface area contributed by atoms with E-state index >= 15 is 0 Å². The average Bonchev–Trinajstić information content (AvgIpc) is 3.09. The zero-order chi connectivity index (χ0) is 17.6. The number of amides is 2. The van der Waals surface area contributed by atoms with Gasteiger partial charge in [0.05, 0.1) is 12.6 Å². The molecule has 132 valence electrons. The first-order valence-electron chi connectivity index (χ1n) is 8.17. The number of benzene rings is 2. The minimum atomic E-state index is -0.225. The Hall–Kier alpha value is -2.73. The van der Waals surface area contributed by atoms with Crippen molar-refractivity contribution in [1.82, 2.24) is 10.6 Å². The lowest BCUT2D eigenvalue weighted by molar-refractivity contribution is 0.174. The molecule has 6 nitrogen and oxygen atoms in total. The van der Waals surface area contributed by atoms with Crippen molar-refractivity contribution in [3.8, 4) is 11.5 Å². The highest BCUT2D eigenvalue weighted by atomic mass is 16.7. The van der Waals surface area contributed by atoms with Gasteiger partial charge in [-0.3, -0.25) is 0 Å². The zero-order valence-electron chi connectivity index (χ0n) is 14.4. The number of hydrogen-bond acceptors (Lipinski definition) is 4. The number of carbonyl (C=O) groups excluding carboxylic acids is 1. The summed E-state index contributed by atoms with van der Waals surface area (Å²) in [7, 11) is 1.66. The van der Waals surface area contributed by atoms with Gasteiger partial charge >= 0.3 is 6.03 Å². The van der Waals surface area contributed by atoms with E-state index in [1.807, 2.05) is 49.4 Å². The molecule has 2 aromatic carbocycles. The third-order valence-corrected chi connectivity index (χ3v) is 4.10. The van der Waals surface area contributed by atoms with E-state index in [4.69, 9.17) is 14.2 Å². The lowest BCUT2D eigenvalue weighted by Gasteiger charge is -2.16. The van der Waals surface area contributed by atoms with Gasteiger partial charge in [-0.15, -0.1) is 0 Å². The normalized spacial score (nSPS) is 13.4. The Morgan fingerprint density at radius 2 is 1.92 bits per heavy atom. The number of rotatable bonds is 6. The third-order valence-electron chi connectivity index (χ3n) is 4.10. The summed E-state index contributed by atoms with van der Waals surface area (Å²) in [4.78, 5) is 12.2. The van der Waals surface area contributed by atoms with Crippen LogP contribution in [0.15, 0.2) is 42.5 Å². The molecular weight excluding hydrogens is 320 g/mol. The summed E-state index contributed by atoms with van der Waals surface area (Å²) in [6, 6.07) is 13.2. The maximum absolute atomic E-state index is 12.2. The Morgan fingerprint density at radius 1 is 1.16 bits per heavy atom. The van der Waals surface area contributed by atoms with Crippen molar-refractivity contribution in [3.63, 3.8) is 0 Å². The number of ether oxygens (including phenoxy) is 3. The van der Waals surface area contributed by atoms with Gasteiger partial charge < -0.3 is 24.8 Å². The van der Waals surface area contributed by atoms with Gasteiger partial charge in [0.2, 0.25) is 6.79 Å². The molecule has 1 aliphatic heterocycles. The van der Waals surface area contributed by atoms with Crippen molar-refractivity contribution in [2.45, 2.75) is 26.1 Å². The summed E-state index contributed by atoms with van der Waals surface area (Å²) in [5, 5.41) is 5.82. The van der Waals surface area contributed by atoms with Crippen molar-refractivity contribution in [3.05, 3.63) is 59.2 Å². The topological polar surface area (TPSA) is 68.8 Å². The molecule has 3 rings (SSSR count). The van der Waals surface area contributed by atoms with Gasteiger partial charge in [0.25, 0.3) is 0 Å².